The van der Waals surface area contributed by atoms with Gasteiger partial charge >= 0.3 is 5.76 Å². The van der Waals surface area contributed by atoms with Crippen LogP contribution in [0.4, 0.5) is 4.48 Å². The Bertz CT molecular complexity index is 1490. The number of rotatable bonds is 0. The number of benzene rings is 3. The van der Waals surface area contributed by atoms with E-state index in [2.05, 4.69) is 45.9 Å². The summed E-state index contributed by atoms with van der Waals surface area (Å²) in [5.41, 5.74) is 4.73. The van der Waals surface area contributed by atoms with E-state index in [9.17, 15) is 14.4 Å². The number of phenols is 1. The maximum absolute atomic E-state index is 14.4. The Balaban J connectivity index is 1.77. The third kappa shape index (κ3) is 2.45. The van der Waals surface area contributed by atoms with E-state index in [1.54, 1.807) is 12.1 Å². The molecule has 0 atom stereocenters. The Morgan fingerprint density at radius 1 is 0.938 bits per heavy atom. The summed E-state index contributed by atoms with van der Waals surface area (Å²) < 4.78 is 19.5. The summed E-state index contributed by atoms with van der Waals surface area (Å²) in [5, 5.41) is 12.4. The first kappa shape index (κ1) is 19.6. The molecule has 1 fully saturated rings. The van der Waals surface area contributed by atoms with E-state index in [1.807, 2.05) is 12.1 Å². The van der Waals surface area contributed by atoms with Gasteiger partial charge in [-0.25, -0.2) is 4.79 Å². The van der Waals surface area contributed by atoms with Crippen LogP contribution in [-0.2, 0) is 5.41 Å². The van der Waals surface area contributed by atoms with Gasteiger partial charge in [-0.3, -0.25) is 0 Å². The van der Waals surface area contributed by atoms with Crippen LogP contribution in [0.25, 0.3) is 33.0 Å². The molecule has 1 saturated carbocycles. The van der Waals surface area contributed by atoms with Crippen LogP contribution in [0.2, 0.25) is 0 Å². The van der Waals surface area contributed by atoms with Crippen molar-refractivity contribution < 1.29 is 14.0 Å². The molecule has 0 bridgehead atoms. The lowest BCUT2D eigenvalue weighted by Crippen LogP contribution is -2.43. The first-order valence-corrected chi connectivity index (χ1v) is 11.1. The van der Waals surface area contributed by atoms with Crippen LogP contribution in [0.3, 0.4) is 0 Å². The zero-order valence-electron chi connectivity index (χ0n) is 18.8. The Labute approximate surface area is 185 Å². The molecule has 0 radical (unpaired) electrons. The maximum Gasteiger partial charge on any atom is 0.448 e. The van der Waals surface area contributed by atoms with Crippen molar-refractivity contribution in [1.29, 1.82) is 0 Å². The molecule has 0 unspecified atom stereocenters. The third-order valence-corrected chi connectivity index (χ3v) is 7.51. The van der Waals surface area contributed by atoms with E-state index in [-0.39, 0.29) is 37.9 Å². The molecule has 1 heterocycles. The smallest absolute Gasteiger partial charge is 0.448 e. The number of aromatic hydroxyl groups is 1. The summed E-state index contributed by atoms with van der Waals surface area (Å²) in [6, 6.07) is 13.5. The topological polar surface area (TPSA) is 55.4 Å². The van der Waals surface area contributed by atoms with Crippen LogP contribution in [0.5, 0.6) is 5.75 Å². The molecule has 2 aliphatic carbocycles. The molecule has 1 aromatic heterocycles. The summed E-state index contributed by atoms with van der Waals surface area (Å²) >= 11 is 0. The number of phenolic OH excluding ortho intramolecular Hbond substituents is 1. The molecule has 6 rings (SSSR count). The first-order chi connectivity index (χ1) is 15.0. The molecular formula is C27H26FNO3. The van der Waals surface area contributed by atoms with Gasteiger partial charge in [0.25, 0.3) is 0 Å². The zero-order valence-corrected chi connectivity index (χ0v) is 18.8. The summed E-state index contributed by atoms with van der Waals surface area (Å²) in [4.78, 5) is 11.8. The molecule has 1 N–H and O–H groups in total. The molecule has 0 saturated heterocycles. The summed E-state index contributed by atoms with van der Waals surface area (Å²) in [5.74, 6) is -0.928. The van der Waals surface area contributed by atoms with E-state index in [4.69, 9.17) is 4.42 Å². The van der Waals surface area contributed by atoms with E-state index in [0.717, 1.165) is 41.3 Å². The number of halogens is 1. The highest BCUT2D eigenvalue weighted by atomic mass is 19.2. The summed E-state index contributed by atoms with van der Waals surface area (Å²) in [6.45, 7) is 9.31. The van der Waals surface area contributed by atoms with Gasteiger partial charge < -0.3 is 9.52 Å². The molecule has 0 aliphatic heterocycles. The average molecular weight is 432 g/mol. The molecule has 1 spiro atoms. The van der Waals surface area contributed by atoms with Crippen molar-refractivity contribution in [2.45, 2.75) is 52.4 Å². The molecule has 4 aromatic rings. The number of fused-ring (bicyclic) bond motifs is 8. The van der Waals surface area contributed by atoms with Gasteiger partial charge in [0.15, 0.2) is 5.58 Å². The second kappa shape index (κ2) is 5.83. The monoisotopic (exact) mass is 431 g/mol. The van der Waals surface area contributed by atoms with Crippen LogP contribution < -0.4 is 5.76 Å². The van der Waals surface area contributed by atoms with Crippen molar-refractivity contribution in [2.24, 2.45) is 10.8 Å². The number of oxazole rings is 1. The fraction of sp³-hybridized carbons (Fsp3) is 0.370. The molecule has 32 heavy (non-hydrogen) atoms. The Kier molecular flexibility index (Phi) is 3.57. The van der Waals surface area contributed by atoms with Crippen LogP contribution in [0.1, 0.15) is 58.1 Å². The van der Waals surface area contributed by atoms with Gasteiger partial charge in [0.05, 0.1) is 0 Å². The lowest BCUT2D eigenvalue weighted by Gasteiger charge is -2.51. The maximum atomic E-state index is 14.4. The Morgan fingerprint density at radius 3 is 2.34 bits per heavy atom. The van der Waals surface area contributed by atoms with Crippen LogP contribution in [-0.4, -0.2) is 9.90 Å². The molecular weight excluding hydrogens is 405 g/mol. The molecule has 164 valence electrons. The lowest BCUT2D eigenvalue weighted by molar-refractivity contribution is 0.0645. The van der Waals surface area contributed by atoms with Gasteiger partial charge in [0.1, 0.15) is 11.3 Å². The van der Waals surface area contributed by atoms with Crippen molar-refractivity contribution in [1.82, 2.24) is 4.79 Å². The predicted octanol–water partition coefficient (Wildman–Crippen LogP) is 6.69. The van der Waals surface area contributed by atoms with Gasteiger partial charge in [-0.2, -0.15) is 0 Å². The highest BCUT2D eigenvalue weighted by Gasteiger charge is 2.53. The highest BCUT2D eigenvalue weighted by molar-refractivity contribution is 6.09. The lowest BCUT2D eigenvalue weighted by atomic mass is 9.52. The second-order valence-corrected chi connectivity index (χ2v) is 11.3. The average Bonchev–Trinajstić information content (AvgIpc) is 3.10. The van der Waals surface area contributed by atoms with E-state index in [1.165, 1.54) is 5.56 Å². The minimum Gasteiger partial charge on any atom is -0.507 e. The quantitative estimate of drug-likeness (QED) is 0.337. The Hall–Kier alpha value is -3.08. The molecule has 5 heteroatoms. The second-order valence-electron chi connectivity index (χ2n) is 11.3. The standard InChI is InChI=1S/C27H26FNO3/c1-25(2)12-26(3,4)14-27(13-25)18-8-6-5-7-15(18)23-17-9-20-22(32-24(31)29(20)28)10-16(17)21(30)11-19(23)27/h5-11,30H,12-14H2,1-4H3. The fourth-order valence-corrected chi connectivity index (χ4v) is 7.32. The number of nitrogens with zero attached hydrogens (tertiary/aromatic N) is 1. The van der Waals surface area contributed by atoms with Gasteiger partial charge in [-0.05, 0) is 75.9 Å². The minimum absolute atomic E-state index is 0.0364. The van der Waals surface area contributed by atoms with Crippen molar-refractivity contribution in [3.05, 3.63) is 64.1 Å². The van der Waals surface area contributed by atoms with Crippen molar-refractivity contribution in [3.8, 4) is 16.9 Å². The summed E-state index contributed by atoms with van der Waals surface area (Å²) in [6.07, 6.45) is 3.07. The fourth-order valence-electron chi connectivity index (χ4n) is 7.32. The zero-order chi connectivity index (χ0) is 22.6. The first-order valence-electron chi connectivity index (χ1n) is 11.1. The van der Waals surface area contributed by atoms with Crippen LogP contribution >= 0.6 is 0 Å². The third-order valence-electron chi connectivity index (χ3n) is 7.51. The normalized spacial score (nSPS) is 20.0. The highest BCUT2D eigenvalue weighted by Crippen LogP contribution is 2.64. The van der Waals surface area contributed by atoms with Crippen molar-refractivity contribution >= 4 is 21.9 Å². The molecule has 4 nitrogen and oxygen atoms in total. The van der Waals surface area contributed by atoms with Gasteiger partial charge in [0, 0.05) is 10.8 Å². The summed E-state index contributed by atoms with van der Waals surface area (Å²) in [7, 11) is 0. The SMILES string of the molecule is CC1(C)CC(C)(C)CC2(C1)c1ccccc1-c1c2cc(O)c2cc3oc(=O)n(F)c3cc12. The van der Waals surface area contributed by atoms with Gasteiger partial charge in [-0.15, -0.1) is 4.79 Å². The number of hydrogen-bond acceptors (Lipinski definition) is 3. The van der Waals surface area contributed by atoms with E-state index >= 15 is 0 Å². The minimum atomic E-state index is -1.06. The molecule has 2 aliphatic rings. The van der Waals surface area contributed by atoms with E-state index in [0.29, 0.717) is 5.39 Å². The largest absolute Gasteiger partial charge is 0.507 e. The van der Waals surface area contributed by atoms with Crippen LogP contribution in [0.15, 0.2) is 51.7 Å². The number of aromatic nitrogens is 1. The molecule has 0 amide bonds. The van der Waals surface area contributed by atoms with Gasteiger partial charge in [-0.1, -0.05) is 56.4 Å². The predicted molar refractivity (Wildman–Crippen MR) is 124 cm³/mol. The van der Waals surface area contributed by atoms with Crippen molar-refractivity contribution in [3.63, 3.8) is 0 Å². The Morgan fingerprint density at radius 2 is 1.62 bits per heavy atom. The van der Waals surface area contributed by atoms with Crippen LogP contribution in [0, 0.1) is 10.8 Å². The van der Waals surface area contributed by atoms with Gasteiger partial charge in [0.2, 0.25) is 0 Å². The van der Waals surface area contributed by atoms with Crippen molar-refractivity contribution in [2.75, 3.05) is 0 Å². The van der Waals surface area contributed by atoms with E-state index < -0.39 is 5.76 Å². The number of hydrogen-bond donors (Lipinski definition) is 1. The molecule has 3 aromatic carbocycles.